The largest absolute Gasteiger partial charge is 0.456 e. The highest BCUT2D eigenvalue weighted by molar-refractivity contribution is 6.24. The summed E-state index contributed by atoms with van der Waals surface area (Å²) in [5.74, 6) is 0. The van der Waals surface area contributed by atoms with Crippen LogP contribution in [-0.4, -0.2) is 0 Å². The van der Waals surface area contributed by atoms with Crippen LogP contribution >= 0.6 is 0 Å². The number of furan rings is 1. The van der Waals surface area contributed by atoms with Gasteiger partial charge in [0, 0.05) is 10.8 Å². The smallest absolute Gasteiger partial charge is 0.136 e. The Morgan fingerprint density at radius 2 is 0.857 bits per heavy atom. The molecule has 0 bridgehead atoms. The van der Waals surface area contributed by atoms with Crippen molar-refractivity contribution in [1.82, 2.24) is 0 Å². The van der Waals surface area contributed by atoms with Crippen LogP contribution in [0.4, 0.5) is 0 Å². The molecule has 1 aromatic heterocycles. The molecule has 1 nitrogen and oxygen atoms in total. The monoisotopic (exact) mass is 624 g/mol. The van der Waals surface area contributed by atoms with Gasteiger partial charge in [-0.05, 0) is 88.9 Å². The summed E-state index contributed by atoms with van der Waals surface area (Å²) in [6, 6.07) is 60.1. The first-order valence-electron chi connectivity index (χ1n) is 17.7. The summed E-state index contributed by atoms with van der Waals surface area (Å²) >= 11 is 0. The molecule has 49 heavy (non-hydrogen) atoms. The van der Waals surface area contributed by atoms with E-state index in [4.69, 9.17) is 7.16 Å². The van der Waals surface area contributed by atoms with Crippen LogP contribution in [0.25, 0.3) is 98.8 Å². The third-order valence-corrected chi connectivity index (χ3v) is 9.92. The summed E-state index contributed by atoms with van der Waals surface area (Å²) in [6.07, 6.45) is 0. The molecule has 228 valence electrons. The summed E-state index contributed by atoms with van der Waals surface area (Å²) < 4.78 is 23.7. The lowest BCUT2D eigenvalue weighted by Gasteiger charge is -2.20. The molecular formula is C48H30O. The molecule has 0 aliphatic carbocycles. The molecule has 10 aromatic rings. The minimum atomic E-state index is 0.120. The quantitative estimate of drug-likeness (QED) is 0.178. The zero-order chi connectivity index (χ0) is 34.1. The average Bonchev–Trinajstić information content (AvgIpc) is 3.60. The van der Waals surface area contributed by atoms with Crippen molar-refractivity contribution in [1.29, 1.82) is 0 Å². The van der Waals surface area contributed by atoms with E-state index in [1.54, 1.807) is 0 Å². The maximum absolute atomic E-state index is 8.78. The highest BCUT2D eigenvalue weighted by Crippen LogP contribution is 2.47. The van der Waals surface area contributed by atoms with E-state index in [-0.39, 0.29) is 12.1 Å². The predicted molar refractivity (Wildman–Crippen MR) is 208 cm³/mol. The van der Waals surface area contributed by atoms with Gasteiger partial charge in [-0.3, -0.25) is 0 Å². The van der Waals surface area contributed by atoms with Crippen LogP contribution in [-0.2, 0) is 0 Å². The minimum Gasteiger partial charge on any atom is -0.456 e. The molecule has 1 heterocycles. The Morgan fingerprint density at radius 3 is 1.57 bits per heavy atom. The van der Waals surface area contributed by atoms with E-state index in [1.165, 1.54) is 49.4 Å². The third kappa shape index (κ3) is 4.33. The number of hydrogen-bond donors (Lipinski definition) is 0. The molecule has 0 N–H and O–H groups in total. The van der Waals surface area contributed by atoms with Gasteiger partial charge in [-0.1, -0.05) is 170 Å². The number of hydrogen-bond acceptors (Lipinski definition) is 1. The molecule has 0 saturated heterocycles. The lowest BCUT2D eigenvalue weighted by Crippen LogP contribution is -1.92. The molecule has 1 heteroatoms. The lowest BCUT2D eigenvalue weighted by atomic mass is 9.83. The molecule has 0 radical (unpaired) electrons. The zero-order valence-electron chi connectivity index (χ0n) is 28.6. The van der Waals surface area contributed by atoms with Crippen molar-refractivity contribution >= 4 is 54.3 Å². The van der Waals surface area contributed by atoms with Crippen LogP contribution in [0.15, 0.2) is 186 Å². The second kappa shape index (κ2) is 11.1. The summed E-state index contributed by atoms with van der Waals surface area (Å²) in [5.41, 5.74) is 10.6. The summed E-state index contributed by atoms with van der Waals surface area (Å²) in [4.78, 5) is 0. The first kappa shape index (κ1) is 25.6. The summed E-state index contributed by atoms with van der Waals surface area (Å²) in [5, 5.41) is 8.43. The fourth-order valence-electron chi connectivity index (χ4n) is 7.78. The van der Waals surface area contributed by atoms with Gasteiger partial charge < -0.3 is 4.42 Å². The van der Waals surface area contributed by atoms with Crippen molar-refractivity contribution < 1.29 is 7.16 Å². The third-order valence-electron chi connectivity index (χ3n) is 9.92. The van der Waals surface area contributed by atoms with Crippen molar-refractivity contribution in [2.45, 2.75) is 0 Å². The minimum absolute atomic E-state index is 0.120. The first-order chi connectivity index (χ1) is 25.2. The van der Waals surface area contributed by atoms with Crippen LogP contribution in [0, 0.1) is 0 Å². The van der Waals surface area contributed by atoms with Crippen LogP contribution in [0.3, 0.4) is 0 Å². The van der Waals surface area contributed by atoms with Crippen molar-refractivity contribution in [3.63, 3.8) is 0 Å². The molecule has 9 aromatic carbocycles. The van der Waals surface area contributed by atoms with Gasteiger partial charge >= 0.3 is 0 Å². The summed E-state index contributed by atoms with van der Waals surface area (Å²) in [6.45, 7) is 0. The Balaban J connectivity index is 1.19. The Hall–Kier alpha value is -6.44. The van der Waals surface area contributed by atoms with Crippen LogP contribution in [0.5, 0.6) is 0 Å². The van der Waals surface area contributed by atoms with E-state index < -0.39 is 0 Å². The van der Waals surface area contributed by atoms with Gasteiger partial charge in [-0.15, -0.1) is 0 Å². The molecule has 0 amide bonds. The van der Waals surface area contributed by atoms with E-state index in [2.05, 4.69) is 133 Å². The normalized spacial score (nSPS) is 12.2. The Morgan fingerprint density at radius 1 is 0.327 bits per heavy atom. The van der Waals surface area contributed by atoms with E-state index >= 15 is 0 Å². The Labute approximate surface area is 287 Å². The van der Waals surface area contributed by atoms with Crippen LogP contribution in [0.2, 0.25) is 0 Å². The molecule has 0 atom stereocenters. The van der Waals surface area contributed by atoms with E-state index in [9.17, 15) is 0 Å². The molecule has 10 rings (SSSR count). The van der Waals surface area contributed by atoms with Crippen LogP contribution in [0.1, 0.15) is 2.74 Å². The van der Waals surface area contributed by atoms with Gasteiger partial charge in [0.2, 0.25) is 0 Å². The van der Waals surface area contributed by atoms with Crippen molar-refractivity contribution in [2.75, 3.05) is 0 Å². The molecule has 0 aliphatic heterocycles. The van der Waals surface area contributed by atoms with Crippen molar-refractivity contribution in [2.24, 2.45) is 0 Å². The predicted octanol–water partition coefficient (Wildman–Crippen LogP) is 13.7. The van der Waals surface area contributed by atoms with E-state index in [0.717, 1.165) is 43.8 Å². The van der Waals surface area contributed by atoms with Gasteiger partial charge in [0.05, 0.1) is 2.74 Å². The summed E-state index contributed by atoms with van der Waals surface area (Å²) in [7, 11) is 0. The second-order valence-electron chi connectivity index (χ2n) is 12.6. The van der Waals surface area contributed by atoms with Gasteiger partial charge in [0.15, 0.2) is 0 Å². The van der Waals surface area contributed by atoms with Crippen molar-refractivity contribution in [3.05, 3.63) is 182 Å². The Bertz CT molecular complexity index is 2920. The fourth-order valence-corrected chi connectivity index (χ4v) is 7.78. The molecule has 0 saturated carbocycles. The maximum atomic E-state index is 8.78. The molecule has 0 unspecified atom stereocenters. The number of fused-ring (bicyclic) bond motifs is 7. The Kier molecular flexibility index (Phi) is 5.79. The highest BCUT2D eigenvalue weighted by atomic mass is 16.3. The standard InChI is InChI=1S/C48H30O/c1-2-13-31(14-3-1)35-16-6-7-18-38(35)46-41-21-10-8-19-39(41)45(40-20-9-11-22-42(40)46)34-27-25-33(26-28-34)37-23-12-24-43-47(37)48-36-17-5-4-15-32(36)29-30-44(48)49-43/h1-30H/i29D,30D. The topological polar surface area (TPSA) is 13.1 Å². The molecular weight excluding hydrogens is 593 g/mol. The van der Waals surface area contributed by atoms with Gasteiger partial charge in [-0.25, -0.2) is 0 Å². The molecule has 0 fully saturated rings. The molecule has 0 spiro atoms. The highest BCUT2D eigenvalue weighted by Gasteiger charge is 2.19. The van der Waals surface area contributed by atoms with E-state index in [0.29, 0.717) is 5.58 Å². The maximum Gasteiger partial charge on any atom is 0.136 e. The van der Waals surface area contributed by atoms with Gasteiger partial charge in [-0.2, -0.15) is 0 Å². The van der Waals surface area contributed by atoms with E-state index in [1.807, 2.05) is 36.4 Å². The SMILES string of the molecule is [2H]c1c([2H])c2oc3cccc(-c4ccc(-c5c6ccccc6c(-c6ccccc6-c6ccccc6)c6ccccc56)cc4)c3c2c2ccccc12. The van der Waals surface area contributed by atoms with Gasteiger partial charge in [0.25, 0.3) is 0 Å². The van der Waals surface area contributed by atoms with Crippen LogP contribution < -0.4 is 0 Å². The van der Waals surface area contributed by atoms with Crippen molar-refractivity contribution in [3.8, 4) is 44.5 Å². The molecule has 0 aliphatic rings. The first-order valence-corrected chi connectivity index (χ1v) is 16.7. The fraction of sp³-hybridized carbons (Fsp3) is 0. The lowest BCUT2D eigenvalue weighted by molar-refractivity contribution is 0.669. The van der Waals surface area contributed by atoms with Gasteiger partial charge in [0.1, 0.15) is 11.2 Å². The zero-order valence-corrected chi connectivity index (χ0v) is 26.6. The average molecular weight is 625 g/mol. The number of benzene rings is 9. The second-order valence-corrected chi connectivity index (χ2v) is 12.6. The number of rotatable bonds is 4.